The predicted molar refractivity (Wildman–Crippen MR) is 113 cm³/mol. The summed E-state index contributed by atoms with van der Waals surface area (Å²) in [6.07, 6.45) is 0. The van der Waals surface area contributed by atoms with E-state index in [1.807, 2.05) is 32.2 Å². The molecule has 6 nitrogen and oxygen atoms in total. The van der Waals surface area contributed by atoms with Crippen LogP contribution < -0.4 is 15.5 Å². The molecule has 1 heterocycles. The number of anilines is 1. The van der Waals surface area contributed by atoms with E-state index in [0.29, 0.717) is 24.3 Å². The van der Waals surface area contributed by atoms with Gasteiger partial charge in [0.2, 0.25) is 0 Å². The number of para-hydroxylation sites is 1. The number of hydrogen-bond acceptors (Lipinski definition) is 4. The van der Waals surface area contributed by atoms with Crippen molar-refractivity contribution in [2.24, 2.45) is 0 Å². The molecule has 0 aliphatic heterocycles. The molecule has 3 N–H and O–H groups in total. The molecule has 0 spiro atoms. The lowest BCUT2D eigenvalue weighted by Gasteiger charge is -2.19. The Labute approximate surface area is 168 Å². The van der Waals surface area contributed by atoms with Crippen molar-refractivity contribution in [1.82, 2.24) is 10.3 Å². The molecule has 0 aliphatic carbocycles. The summed E-state index contributed by atoms with van der Waals surface area (Å²) in [5.74, 6) is -0.246. The molecule has 0 bridgehead atoms. The molecule has 0 radical (unpaired) electrons. The summed E-state index contributed by atoms with van der Waals surface area (Å²) in [4.78, 5) is 30.2. The highest BCUT2D eigenvalue weighted by molar-refractivity contribution is 7.18. The average molecular weight is 398 g/mol. The molecule has 3 aromatic rings. The molecule has 28 heavy (non-hydrogen) atoms. The van der Waals surface area contributed by atoms with Gasteiger partial charge in [-0.15, -0.1) is 11.3 Å². The number of hydrogen-bond donors (Lipinski definition) is 3. The molecular weight excluding hydrogens is 372 g/mol. The summed E-state index contributed by atoms with van der Waals surface area (Å²) < 4.78 is 1.16. The molecule has 0 saturated carbocycles. The SMILES string of the molecule is CCNC(=O)c1cccc(NC(=O)C[NH+](C)[C@@H](C)c2nc3ccccc3s2)c1. The summed E-state index contributed by atoms with van der Waals surface area (Å²) in [6.45, 7) is 4.82. The fourth-order valence-electron chi connectivity index (χ4n) is 2.90. The van der Waals surface area contributed by atoms with Crippen LogP contribution in [0.3, 0.4) is 0 Å². The lowest BCUT2D eigenvalue weighted by Crippen LogP contribution is -3.10. The van der Waals surface area contributed by atoms with Gasteiger partial charge in [0.1, 0.15) is 6.04 Å². The lowest BCUT2D eigenvalue weighted by atomic mass is 10.2. The zero-order valence-corrected chi connectivity index (χ0v) is 17.1. The largest absolute Gasteiger partial charge is 0.352 e. The van der Waals surface area contributed by atoms with Crippen molar-refractivity contribution >= 4 is 39.1 Å². The first kappa shape index (κ1) is 20.0. The monoisotopic (exact) mass is 397 g/mol. The highest BCUT2D eigenvalue weighted by atomic mass is 32.1. The third-order valence-electron chi connectivity index (χ3n) is 4.61. The minimum Gasteiger partial charge on any atom is -0.352 e. The Balaban J connectivity index is 1.62. The number of carbonyl (C=O) groups is 2. The van der Waals surface area contributed by atoms with E-state index in [4.69, 9.17) is 4.98 Å². The summed E-state index contributed by atoms with van der Waals surface area (Å²) >= 11 is 1.67. The van der Waals surface area contributed by atoms with Crippen molar-refractivity contribution in [3.63, 3.8) is 0 Å². The average Bonchev–Trinajstić information content (AvgIpc) is 3.11. The van der Waals surface area contributed by atoms with Gasteiger partial charge in [-0.1, -0.05) is 18.2 Å². The van der Waals surface area contributed by atoms with Crippen LogP contribution in [-0.2, 0) is 4.79 Å². The normalized spacial score (nSPS) is 13.1. The van der Waals surface area contributed by atoms with Crippen molar-refractivity contribution in [1.29, 1.82) is 0 Å². The van der Waals surface area contributed by atoms with Crippen LogP contribution in [0.2, 0.25) is 0 Å². The molecule has 7 heteroatoms. The molecule has 2 amide bonds. The van der Waals surface area contributed by atoms with Crippen LogP contribution in [0.15, 0.2) is 48.5 Å². The number of aromatic nitrogens is 1. The van der Waals surface area contributed by atoms with E-state index in [1.165, 1.54) is 0 Å². The number of amides is 2. The van der Waals surface area contributed by atoms with Crippen molar-refractivity contribution < 1.29 is 14.5 Å². The van der Waals surface area contributed by atoms with Crippen molar-refractivity contribution in [2.45, 2.75) is 19.9 Å². The molecule has 2 aromatic carbocycles. The van der Waals surface area contributed by atoms with Gasteiger partial charge in [0.15, 0.2) is 11.6 Å². The molecule has 0 fully saturated rings. The number of carbonyl (C=O) groups excluding carboxylic acids is 2. The summed E-state index contributed by atoms with van der Waals surface area (Å²) in [5, 5.41) is 6.66. The number of rotatable bonds is 7. The molecule has 1 aromatic heterocycles. The Bertz CT molecular complexity index is 952. The Morgan fingerprint density at radius 1 is 1.18 bits per heavy atom. The van der Waals surface area contributed by atoms with Crippen LogP contribution in [0.1, 0.15) is 35.3 Å². The predicted octanol–water partition coefficient (Wildman–Crippen LogP) is 2.26. The van der Waals surface area contributed by atoms with Gasteiger partial charge < -0.3 is 15.5 Å². The van der Waals surface area contributed by atoms with E-state index in [0.717, 1.165) is 20.1 Å². The van der Waals surface area contributed by atoms with Gasteiger partial charge in [-0.05, 0) is 44.2 Å². The van der Waals surface area contributed by atoms with Crippen LogP contribution in [0.5, 0.6) is 0 Å². The maximum atomic E-state index is 12.5. The topological polar surface area (TPSA) is 75.5 Å². The molecule has 3 rings (SSSR count). The Morgan fingerprint density at radius 3 is 2.71 bits per heavy atom. The Hall–Kier alpha value is -2.77. The van der Waals surface area contributed by atoms with Gasteiger partial charge in [0.25, 0.3) is 11.8 Å². The Morgan fingerprint density at radius 2 is 1.96 bits per heavy atom. The minimum atomic E-state index is -0.147. The maximum absolute atomic E-state index is 12.5. The van der Waals surface area contributed by atoms with Crippen LogP contribution in [0, 0.1) is 0 Å². The van der Waals surface area contributed by atoms with Crippen molar-refractivity contribution in [2.75, 3.05) is 25.5 Å². The first-order valence-corrected chi connectivity index (χ1v) is 10.2. The third-order valence-corrected chi connectivity index (χ3v) is 5.82. The number of quaternary nitrogens is 1. The fraction of sp³-hybridized carbons (Fsp3) is 0.286. The second kappa shape index (κ2) is 8.95. The van der Waals surface area contributed by atoms with Crippen molar-refractivity contribution in [3.05, 3.63) is 59.1 Å². The minimum absolute atomic E-state index is 0.0986. The third kappa shape index (κ3) is 4.74. The summed E-state index contributed by atoms with van der Waals surface area (Å²) in [5.41, 5.74) is 2.14. The standard InChI is InChI=1S/C21H24N4O2S/c1-4-22-20(27)15-8-7-9-16(12-15)23-19(26)13-25(3)14(2)21-24-17-10-5-6-11-18(17)28-21/h5-12,14H,4,13H2,1-3H3,(H,22,27)(H,23,26)/p+1/t14-/m0/s1. The summed E-state index contributed by atoms with van der Waals surface area (Å²) in [6, 6.07) is 15.1. The quantitative estimate of drug-likeness (QED) is 0.572. The van der Waals surface area contributed by atoms with Gasteiger partial charge in [-0.3, -0.25) is 9.59 Å². The molecule has 146 valence electrons. The van der Waals surface area contributed by atoms with E-state index < -0.39 is 0 Å². The van der Waals surface area contributed by atoms with Crippen molar-refractivity contribution in [3.8, 4) is 0 Å². The zero-order chi connectivity index (χ0) is 20.1. The zero-order valence-electron chi connectivity index (χ0n) is 16.3. The molecule has 1 unspecified atom stereocenters. The summed E-state index contributed by atoms with van der Waals surface area (Å²) in [7, 11) is 1.99. The van der Waals surface area contributed by atoms with Gasteiger partial charge in [-0.2, -0.15) is 0 Å². The number of nitrogens with zero attached hydrogens (tertiary/aromatic N) is 1. The second-order valence-corrected chi connectivity index (χ2v) is 7.82. The van der Waals surface area contributed by atoms with E-state index >= 15 is 0 Å². The van der Waals surface area contributed by atoms with Gasteiger partial charge in [0, 0.05) is 17.8 Å². The highest BCUT2D eigenvalue weighted by Gasteiger charge is 2.22. The maximum Gasteiger partial charge on any atom is 0.279 e. The van der Waals surface area contributed by atoms with Crippen LogP contribution >= 0.6 is 11.3 Å². The molecular formula is C21H25N4O2S+. The number of fused-ring (bicyclic) bond motifs is 1. The smallest absolute Gasteiger partial charge is 0.279 e. The van der Waals surface area contributed by atoms with Gasteiger partial charge in [-0.25, -0.2) is 4.98 Å². The molecule has 2 atom stereocenters. The number of likely N-dealkylation sites (N-methyl/N-ethyl adjacent to an activating group) is 1. The number of benzene rings is 2. The molecule has 0 aliphatic rings. The second-order valence-electron chi connectivity index (χ2n) is 6.75. The number of thiazole rings is 1. The first-order valence-electron chi connectivity index (χ1n) is 9.33. The van der Waals surface area contributed by atoms with Crippen LogP contribution in [0.4, 0.5) is 5.69 Å². The van der Waals surface area contributed by atoms with E-state index in [-0.39, 0.29) is 17.9 Å². The molecule has 0 saturated heterocycles. The van der Waals surface area contributed by atoms with E-state index in [1.54, 1.807) is 35.6 Å². The fourth-order valence-corrected chi connectivity index (χ4v) is 4.01. The van der Waals surface area contributed by atoms with E-state index in [2.05, 4.69) is 23.6 Å². The van der Waals surface area contributed by atoms with Crippen LogP contribution in [0.25, 0.3) is 10.2 Å². The van der Waals surface area contributed by atoms with Gasteiger partial charge >= 0.3 is 0 Å². The van der Waals surface area contributed by atoms with Gasteiger partial charge in [0.05, 0.1) is 17.3 Å². The first-order chi connectivity index (χ1) is 13.5. The number of nitrogens with one attached hydrogen (secondary N) is 3. The highest BCUT2D eigenvalue weighted by Crippen LogP contribution is 2.24. The lowest BCUT2D eigenvalue weighted by molar-refractivity contribution is -0.902. The van der Waals surface area contributed by atoms with E-state index in [9.17, 15) is 9.59 Å². The Kier molecular flexibility index (Phi) is 6.38. The van der Waals surface area contributed by atoms with Crippen LogP contribution in [-0.4, -0.2) is 36.9 Å².